The van der Waals surface area contributed by atoms with Crippen molar-refractivity contribution >= 4 is 16.7 Å². The second kappa shape index (κ2) is 4.80. The van der Waals surface area contributed by atoms with E-state index >= 15 is 0 Å². The highest BCUT2D eigenvalue weighted by atomic mass is 16.3. The van der Waals surface area contributed by atoms with Crippen LogP contribution in [-0.2, 0) is 13.0 Å². The van der Waals surface area contributed by atoms with Gasteiger partial charge in [-0.25, -0.2) is 4.98 Å². The second-order valence-corrected chi connectivity index (χ2v) is 4.63. The van der Waals surface area contributed by atoms with E-state index < -0.39 is 0 Å². The first-order chi connectivity index (χ1) is 9.24. The van der Waals surface area contributed by atoms with Crippen molar-refractivity contribution in [3.05, 3.63) is 47.7 Å². The molecule has 0 amide bonds. The van der Waals surface area contributed by atoms with E-state index in [0.29, 0.717) is 6.54 Å². The molecular weight excluding hydrogens is 238 g/mol. The van der Waals surface area contributed by atoms with Gasteiger partial charge >= 0.3 is 0 Å². The Bertz CT molecular complexity index is 696. The summed E-state index contributed by atoms with van der Waals surface area (Å²) in [5.74, 6) is 2.92. The van der Waals surface area contributed by atoms with Crippen LogP contribution in [-0.4, -0.2) is 9.97 Å². The number of aryl methyl sites for hydroxylation is 2. The van der Waals surface area contributed by atoms with Crippen LogP contribution in [0, 0.1) is 6.92 Å². The molecule has 19 heavy (non-hydrogen) atoms. The number of rotatable bonds is 4. The van der Waals surface area contributed by atoms with Gasteiger partial charge in [0.15, 0.2) is 0 Å². The Hall–Kier alpha value is -2.23. The van der Waals surface area contributed by atoms with E-state index in [1.807, 2.05) is 31.2 Å². The molecule has 0 unspecified atom stereocenters. The molecule has 0 aliphatic carbocycles. The van der Waals surface area contributed by atoms with Crippen molar-refractivity contribution in [3.8, 4) is 0 Å². The Morgan fingerprint density at radius 3 is 2.84 bits per heavy atom. The number of nitrogens with one attached hydrogen (secondary N) is 2. The summed E-state index contributed by atoms with van der Waals surface area (Å²) in [5.41, 5.74) is 3.11. The molecule has 0 aliphatic rings. The van der Waals surface area contributed by atoms with Gasteiger partial charge in [0.2, 0.25) is 0 Å². The number of furan rings is 1. The highest BCUT2D eigenvalue weighted by Crippen LogP contribution is 2.18. The summed E-state index contributed by atoms with van der Waals surface area (Å²) < 4.78 is 5.66. The maximum atomic E-state index is 5.66. The van der Waals surface area contributed by atoms with Gasteiger partial charge < -0.3 is 14.7 Å². The standard InChI is InChI=1S/C15H17N3O/c1-3-12-5-6-13(19-12)9-16-11-4-7-14-15(8-11)18-10(2)17-14/h4-8,16H,3,9H2,1-2H3,(H,17,18). The number of anilines is 1. The minimum atomic E-state index is 0.693. The fourth-order valence-corrected chi connectivity index (χ4v) is 2.14. The SMILES string of the molecule is CCc1ccc(CNc2ccc3nc(C)[nH]c3c2)o1. The molecule has 0 fully saturated rings. The molecule has 0 spiro atoms. The Morgan fingerprint density at radius 2 is 2.05 bits per heavy atom. The van der Waals surface area contributed by atoms with Crippen LogP contribution in [0.15, 0.2) is 34.7 Å². The van der Waals surface area contributed by atoms with Gasteiger partial charge in [-0.15, -0.1) is 0 Å². The van der Waals surface area contributed by atoms with E-state index in [2.05, 4.69) is 28.3 Å². The van der Waals surface area contributed by atoms with Crippen LogP contribution in [0.2, 0.25) is 0 Å². The van der Waals surface area contributed by atoms with Crippen LogP contribution in [0.25, 0.3) is 11.0 Å². The number of nitrogens with zero attached hydrogens (tertiary/aromatic N) is 1. The molecule has 0 saturated carbocycles. The van der Waals surface area contributed by atoms with Crippen molar-refractivity contribution in [1.29, 1.82) is 0 Å². The van der Waals surface area contributed by atoms with E-state index in [4.69, 9.17) is 4.42 Å². The van der Waals surface area contributed by atoms with Crippen LogP contribution in [0.1, 0.15) is 24.3 Å². The zero-order chi connectivity index (χ0) is 13.2. The lowest BCUT2D eigenvalue weighted by atomic mass is 10.2. The Kier molecular flexibility index (Phi) is 2.99. The number of imidazole rings is 1. The summed E-state index contributed by atoms with van der Waals surface area (Å²) in [5, 5.41) is 3.36. The number of aromatic amines is 1. The second-order valence-electron chi connectivity index (χ2n) is 4.63. The maximum Gasteiger partial charge on any atom is 0.123 e. The number of aromatic nitrogens is 2. The predicted molar refractivity (Wildman–Crippen MR) is 76.2 cm³/mol. The molecule has 2 aromatic heterocycles. The maximum absolute atomic E-state index is 5.66. The van der Waals surface area contributed by atoms with E-state index in [0.717, 1.165) is 40.5 Å². The van der Waals surface area contributed by atoms with E-state index in [9.17, 15) is 0 Å². The van der Waals surface area contributed by atoms with Gasteiger partial charge in [0.25, 0.3) is 0 Å². The van der Waals surface area contributed by atoms with Crippen LogP contribution < -0.4 is 5.32 Å². The Labute approximate surface area is 111 Å². The summed E-state index contributed by atoms with van der Waals surface area (Å²) in [6.07, 6.45) is 0.930. The first-order valence-electron chi connectivity index (χ1n) is 6.52. The smallest absolute Gasteiger partial charge is 0.123 e. The summed E-state index contributed by atoms with van der Waals surface area (Å²) in [6, 6.07) is 10.2. The molecule has 3 aromatic rings. The highest BCUT2D eigenvalue weighted by molar-refractivity contribution is 5.79. The number of hydrogen-bond acceptors (Lipinski definition) is 3. The Morgan fingerprint density at radius 1 is 1.21 bits per heavy atom. The molecule has 3 rings (SSSR count). The summed E-state index contributed by atoms with van der Waals surface area (Å²) in [4.78, 5) is 7.62. The van der Waals surface area contributed by atoms with Crippen LogP contribution in [0.5, 0.6) is 0 Å². The molecule has 1 aromatic carbocycles. The first-order valence-corrected chi connectivity index (χ1v) is 6.52. The van der Waals surface area contributed by atoms with Crippen LogP contribution >= 0.6 is 0 Å². The van der Waals surface area contributed by atoms with Crippen molar-refractivity contribution in [3.63, 3.8) is 0 Å². The average Bonchev–Trinajstić information content (AvgIpc) is 3.00. The molecule has 98 valence electrons. The van der Waals surface area contributed by atoms with Crippen molar-refractivity contribution < 1.29 is 4.42 Å². The lowest BCUT2D eigenvalue weighted by Gasteiger charge is -2.04. The van der Waals surface area contributed by atoms with Gasteiger partial charge in [0.05, 0.1) is 17.6 Å². The molecule has 4 heteroatoms. The average molecular weight is 255 g/mol. The van der Waals surface area contributed by atoms with Crippen molar-refractivity contribution in [2.45, 2.75) is 26.8 Å². The third kappa shape index (κ3) is 2.47. The topological polar surface area (TPSA) is 53.9 Å². The molecule has 0 aliphatic heterocycles. The fourth-order valence-electron chi connectivity index (χ4n) is 2.14. The molecule has 4 nitrogen and oxygen atoms in total. The largest absolute Gasteiger partial charge is 0.464 e. The fraction of sp³-hybridized carbons (Fsp3) is 0.267. The third-order valence-electron chi connectivity index (χ3n) is 3.13. The molecule has 0 radical (unpaired) electrons. The zero-order valence-corrected chi connectivity index (χ0v) is 11.2. The number of H-pyrrole nitrogens is 1. The summed E-state index contributed by atoms with van der Waals surface area (Å²) in [7, 11) is 0. The number of benzene rings is 1. The first kappa shape index (κ1) is 11.8. The lowest BCUT2D eigenvalue weighted by Crippen LogP contribution is -1.97. The number of hydrogen-bond donors (Lipinski definition) is 2. The van der Waals surface area contributed by atoms with Gasteiger partial charge in [-0.05, 0) is 37.3 Å². The van der Waals surface area contributed by atoms with Gasteiger partial charge in [0.1, 0.15) is 17.3 Å². The normalized spacial score (nSPS) is 11.1. The van der Waals surface area contributed by atoms with E-state index in [-0.39, 0.29) is 0 Å². The quantitative estimate of drug-likeness (QED) is 0.748. The van der Waals surface area contributed by atoms with Crippen molar-refractivity contribution in [1.82, 2.24) is 9.97 Å². The van der Waals surface area contributed by atoms with Gasteiger partial charge in [-0.3, -0.25) is 0 Å². The van der Waals surface area contributed by atoms with Crippen LogP contribution in [0.3, 0.4) is 0 Å². The van der Waals surface area contributed by atoms with Gasteiger partial charge in [0, 0.05) is 12.1 Å². The number of fused-ring (bicyclic) bond motifs is 1. The van der Waals surface area contributed by atoms with Crippen molar-refractivity contribution in [2.24, 2.45) is 0 Å². The summed E-state index contributed by atoms with van der Waals surface area (Å²) in [6.45, 7) is 4.74. The molecular formula is C15H17N3O. The third-order valence-corrected chi connectivity index (χ3v) is 3.13. The molecule has 0 atom stereocenters. The predicted octanol–water partition coefficient (Wildman–Crippen LogP) is 3.64. The van der Waals surface area contributed by atoms with E-state index in [1.165, 1.54) is 0 Å². The van der Waals surface area contributed by atoms with E-state index in [1.54, 1.807) is 0 Å². The molecule has 0 bridgehead atoms. The Balaban J connectivity index is 1.73. The van der Waals surface area contributed by atoms with Crippen molar-refractivity contribution in [2.75, 3.05) is 5.32 Å². The molecule has 2 N–H and O–H groups in total. The minimum absolute atomic E-state index is 0.693. The molecule has 0 saturated heterocycles. The highest BCUT2D eigenvalue weighted by Gasteiger charge is 2.03. The lowest BCUT2D eigenvalue weighted by molar-refractivity contribution is 0.476. The molecule has 2 heterocycles. The van der Waals surface area contributed by atoms with Crippen LogP contribution in [0.4, 0.5) is 5.69 Å². The van der Waals surface area contributed by atoms with Gasteiger partial charge in [-0.2, -0.15) is 0 Å². The van der Waals surface area contributed by atoms with Gasteiger partial charge in [-0.1, -0.05) is 6.92 Å². The minimum Gasteiger partial charge on any atom is -0.464 e. The zero-order valence-electron chi connectivity index (χ0n) is 11.2. The summed E-state index contributed by atoms with van der Waals surface area (Å²) >= 11 is 0. The monoisotopic (exact) mass is 255 g/mol.